The third-order valence-electron chi connectivity index (χ3n) is 3.99. The van der Waals surface area contributed by atoms with Crippen molar-refractivity contribution in [2.75, 3.05) is 6.61 Å². The lowest BCUT2D eigenvalue weighted by atomic mass is 10.1. The normalized spacial score (nSPS) is 17.7. The van der Waals surface area contributed by atoms with Crippen LogP contribution in [0.15, 0.2) is 58.4 Å². The molecule has 1 aromatic heterocycles. The van der Waals surface area contributed by atoms with Gasteiger partial charge in [0.2, 0.25) is 5.76 Å². The van der Waals surface area contributed by atoms with Crippen LogP contribution in [-0.4, -0.2) is 28.9 Å². The molecule has 2 aromatic carbocycles. The van der Waals surface area contributed by atoms with E-state index in [1.165, 1.54) is 0 Å². The second kappa shape index (κ2) is 5.49. The van der Waals surface area contributed by atoms with Gasteiger partial charge in [-0.05, 0) is 24.3 Å². The number of para-hydroxylation sites is 1. The molecule has 1 aliphatic heterocycles. The molecule has 1 atom stereocenters. The lowest BCUT2D eigenvalue weighted by Gasteiger charge is -2.11. The van der Waals surface area contributed by atoms with Crippen LogP contribution in [0, 0.1) is 0 Å². The van der Waals surface area contributed by atoms with Crippen LogP contribution in [0.1, 0.15) is 6.42 Å². The van der Waals surface area contributed by atoms with Crippen molar-refractivity contribution in [1.29, 1.82) is 0 Å². The Labute approximate surface area is 136 Å². The average Bonchev–Trinajstić information content (AvgIpc) is 3.08. The predicted octanol–water partition coefficient (Wildman–Crippen LogP) is 3.61. The number of cyclic esters (lactones) is 1. The molecule has 24 heavy (non-hydrogen) atoms. The Kier molecular flexibility index (Phi) is 3.30. The summed E-state index contributed by atoms with van der Waals surface area (Å²) in [5, 5.41) is 20.8. The van der Waals surface area contributed by atoms with E-state index in [4.69, 9.17) is 13.9 Å². The first-order valence-electron chi connectivity index (χ1n) is 7.50. The first-order valence-corrected chi connectivity index (χ1v) is 7.50. The van der Waals surface area contributed by atoms with Crippen LogP contribution in [0.5, 0.6) is 5.75 Å². The molecular weight excluding hydrogens is 312 g/mol. The SMILES string of the molecule is O=C1OC(CCOc2ccc3oc4ccccc4c3c2)C(O)=C1O. The summed E-state index contributed by atoms with van der Waals surface area (Å²) >= 11 is 0. The van der Waals surface area contributed by atoms with Crippen LogP contribution in [0.2, 0.25) is 0 Å². The van der Waals surface area contributed by atoms with Crippen molar-refractivity contribution in [1.82, 2.24) is 0 Å². The molecule has 2 N–H and O–H groups in total. The number of fused-ring (bicyclic) bond motifs is 3. The largest absolute Gasteiger partial charge is 0.505 e. The van der Waals surface area contributed by atoms with E-state index in [9.17, 15) is 15.0 Å². The molecule has 4 rings (SSSR count). The van der Waals surface area contributed by atoms with Crippen LogP contribution in [-0.2, 0) is 9.53 Å². The lowest BCUT2D eigenvalue weighted by molar-refractivity contribution is -0.142. The summed E-state index contributed by atoms with van der Waals surface area (Å²) in [5.74, 6) is -1.44. The van der Waals surface area contributed by atoms with Gasteiger partial charge in [-0.3, -0.25) is 0 Å². The maximum atomic E-state index is 11.1. The van der Waals surface area contributed by atoms with Crippen LogP contribution >= 0.6 is 0 Å². The number of hydrogen-bond donors (Lipinski definition) is 2. The topological polar surface area (TPSA) is 89.1 Å². The second-order valence-electron chi connectivity index (χ2n) is 5.52. The van der Waals surface area contributed by atoms with Crippen molar-refractivity contribution in [3.63, 3.8) is 0 Å². The van der Waals surface area contributed by atoms with Crippen molar-refractivity contribution < 1.29 is 28.9 Å². The van der Waals surface area contributed by atoms with Gasteiger partial charge in [-0.25, -0.2) is 4.79 Å². The zero-order chi connectivity index (χ0) is 16.7. The summed E-state index contributed by atoms with van der Waals surface area (Å²) < 4.78 is 16.2. The minimum absolute atomic E-state index is 0.219. The van der Waals surface area contributed by atoms with Crippen LogP contribution in [0.4, 0.5) is 0 Å². The summed E-state index contributed by atoms with van der Waals surface area (Å²) in [4.78, 5) is 11.1. The molecule has 0 bridgehead atoms. The zero-order valence-corrected chi connectivity index (χ0v) is 12.6. The molecule has 3 aromatic rings. The summed E-state index contributed by atoms with van der Waals surface area (Å²) in [6, 6.07) is 13.3. The third-order valence-corrected chi connectivity index (χ3v) is 3.99. The quantitative estimate of drug-likeness (QED) is 0.712. The minimum Gasteiger partial charge on any atom is -0.505 e. The maximum absolute atomic E-state index is 11.1. The Morgan fingerprint density at radius 1 is 1.04 bits per heavy atom. The summed E-state index contributed by atoms with van der Waals surface area (Å²) in [6.07, 6.45) is -0.623. The van der Waals surface area contributed by atoms with Gasteiger partial charge in [0.15, 0.2) is 11.9 Å². The highest BCUT2D eigenvalue weighted by molar-refractivity contribution is 6.05. The Bertz CT molecular complexity index is 968. The number of carbonyl (C=O) groups is 1. The number of esters is 1. The fraction of sp³-hybridized carbons (Fsp3) is 0.167. The number of ether oxygens (including phenoxy) is 2. The number of benzene rings is 2. The van der Waals surface area contributed by atoms with Crippen molar-refractivity contribution in [2.24, 2.45) is 0 Å². The van der Waals surface area contributed by atoms with E-state index >= 15 is 0 Å². The van der Waals surface area contributed by atoms with E-state index in [1.54, 1.807) is 6.07 Å². The monoisotopic (exact) mass is 326 g/mol. The van der Waals surface area contributed by atoms with Crippen molar-refractivity contribution in [3.8, 4) is 5.75 Å². The molecule has 0 radical (unpaired) electrons. The second-order valence-corrected chi connectivity index (χ2v) is 5.52. The standard InChI is InChI=1S/C18H14O6/c19-16-15(24-18(21)17(16)20)7-8-22-10-5-6-14-12(9-10)11-3-1-2-4-13(11)23-14/h1-6,9,15,19-20H,7-8H2. The summed E-state index contributed by atoms with van der Waals surface area (Å²) in [7, 11) is 0. The fourth-order valence-electron chi connectivity index (χ4n) is 2.77. The van der Waals surface area contributed by atoms with Gasteiger partial charge in [0.25, 0.3) is 0 Å². The molecule has 1 unspecified atom stereocenters. The Morgan fingerprint density at radius 3 is 2.62 bits per heavy atom. The van der Waals surface area contributed by atoms with Crippen molar-refractivity contribution in [3.05, 3.63) is 54.0 Å². The number of carbonyl (C=O) groups excluding carboxylic acids is 1. The first-order chi connectivity index (χ1) is 11.6. The molecule has 0 spiro atoms. The highest BCUT2D eigenvalue weighted by Gasteiger charge is 2.34. The van der Waals surface area contributed by atoms with Crippen LogP contribution in [0.3, 0.4) is 0 Å². The van der Waals surface area contributed by atoms with Gasteiger partial charge < -0.3 is 24.1 Å². The molecule has 0 aliphatic carbocycles. The van der Waals surface area contributed by atoms with Gasteiger partial charge >= 0.3 is 5.97 Å². The number of aliphatic hydroxyl groups excluding tert-OH is 2. The maximum Gasteiger partial charge on any atom is 0.377 e. The number of hydrogen-bond acceptors (Lipinski definition) is 6. The molecule has 0 saturated heterocycles. The summed E-state index contributed by atoms with van der Waals surface area (Å²) in [6.45, 7) is 0.219. The van der Waals surface area contributed by atoms with E-state index in [-0.39, 0.29) is 13.0 Å². The van der Waals surface area contributed by atoms with Gasteiger partial charge in [-0.15, -0.1) is 0 Å². The molecule has 6 heteroatoms. The minimum atomic E-state index is -0.913. The molecule has 0 fully saturated rings. The smallest absolute Gasteiger partial charge is 0.377 e. The molecule has 122 valence electrons. The lowest BCUT2D eigenvalue weighted by Crippen LogP contribution is -2.15. The van der Waals surface area contributed by atoms with Crippen molar-refractivity contribution >= 4 is 27.9 Å². The molecule has 0 amide bonds. The molecule has 6 nitrogen and oxygen atoms in total. The van der Waals surface area contributed by atoms with E-state index in [2.05, 4.69) is 0 Å². The van der Waals surface area contributed by atoms with E-state index in [0.29, 0.717) is 5.75 Å². The predicted molar refractivity (Wildman–Crippen MR) is 86.0 cm³/mol. The average molecular weight is 326 g/mol. The number of aliphatic hydroxyl groups is 2. The highest BCUT2D eigenvalue weighted by Crippen LogP contribution is 2.31. The van der Waals surface area contributed by atoms with Gasteiger partial charge in [-0.1, -0.05) is 18.2 Å². The van der Waals surface area contributed by atoms with E-state index < -0.39 is 23.6 Å². The Morgan fingerprint density at radius 2 is 1.83 bits per heavy atom. The first kappa shape index (κ1) is 14.4. The molecule has 2 heterocycles. The van der Waals surface area contributed by atoms with E-state index in [0.717, 1.165) is 21.9 Å². The van der Waals surface area contributed by atoms with Crippen LogP contribution < -0.4 is 4.74 Å². The fourth-order valence-corrected chi connectivity index (χ4v) is 2.77. The third kappa shape index (κ3) is 2.32. The Hall–Kier alpha value is -3.15. The van der Waals surface area contributed by atoms with Crippen LogP contribution in [0.25, 0.3) is 21.9 Å². The van der Waals surface area contributed by atoms with E-state index in [1.807, 2.05) is 36.4 Å². The number of rotatable bonds is 4. The molecular formula is C18H14O6. The van der Waals surface area contributed by atoms with Gasteiger partial charge in [0.1, 0.15) is 16.9 Å². The van der Waals surface area contributed by atoms with Gasteiger partial charge in [0.05, 0.1) is 6.61 Å². The Balaban J connectivity index is 1.49. The molecule has 0 saturated carbocycles. The molecule has 1 aliphatic rings. The number of furan rings is 1. The summed E-state index contributed by atoms with van der Waals surface area (Å²) in [5.41, 5.74) is 1.59. The highest BCUT2D eigenvalue weighted by atomic mass is 16.6. The van der Waals surface area contributed by atoms with Gasteiger partial charge in [0, 0.05) is 17.2 Å². The van der Waals surface area contributed by atoms with Gasteiger partial charge in [-0.2, -0.15) is 0 Å². The zero-order valence-electron chi connectivity index (χ0n) is 12.6. The van der Waals surface area contributed by atoms with Crippen molar-refractivity contribution in [2.45, 2.75) is 12.5 Å².